The van der Waals surface area contributed by atoms with Gasteiger partial charge >= 0.3 is 5.63 Å². The lowest BCUT2D eigenvalue weighted by Gasteiger charge is -2.13. The van der Waals surface area contributed by atoms with Crippen LogP contribution in [0.2, 0.25) is 0 Å². The molecule has 0 spiro atoms. The second kappa shape index (κ2) is 5.21. The van der Waals surface area contributed by atoms with E-state index in [2.05, 4.69) is 66.7 Å². The normalized spacial score (nSPS) is 13.7. The van der Waals surface area contributed by atoms with Crippen LogP contribution in [0.25, 0.3) is 87.1 Å². The molecule has 2 aromatic heterocycles. The van der Waals surface area contributed by atoms with Gasteiger partial charge in [-0.15, -0.1) is 0 Å². The molecule has 2 aliphatic carbocycles. The van der Waals surface area contributed by atoms with Crippen molar-refractivity contribution < 1.29 is 8.83 Å². The fourth-order valence-corrected chi connectivity index (χ4v) is 7.05. The van der Waals surface area contributed by atoms with Crippen LogP contribution in [-0.2, 0) is 6.42 Å². The monoisotopic (exact) mass is 446 g/mol. The molecule has 0 radical (unpaired) electrons. The number of benzene rings is 6. The molecule has 0 fully saturated rings. The van der Waals surface area contributed by atoms with Gasteiger partial charge in [0.15, 0.2) is 0 Å². The summed E-state index contributed by atoms with van der Waals surface area (Å²) in [7, 11) is 0. The molecule has 0 unspecified atom stereocenters. The van der Waals surface area contributed by atoms with Gasteiger partial charge in [-0.3, -0.25) is 0 Å². The van der Waals surface area contributed by atoms with E-state index >= 15 is 0 Å². The van der Waals surface area contributed by atoms with Crippen LogP contribution in [-0.4, -0.2) is 0 Å². The fraction of sp³-hybridized carbons (Fsp3) is 0.0312. The van der Waals surface area contributed by atoms with Gasteiger partial charge in [0.25, 0.3) is 0 Å². The molecule has 0 aliphatic heterocycles. The summed E-state index contributed by atoms with van der Waals surface area (Å²) in [4.78, 5) is 13.3. The molecule has 6 aromatic carbocycles. The first-order valence-electron chi connectivity index (χ1n) is 11.9. The first-order valence-corrected chi connectivity index (χ1v) is 11.9. The maximum absolute atomic E-state index is 13.3. The Kier molecular flexibility index (Phi) is 2.52. The lowest BCUT2D eigenvalue weighted by atomic mass is 9.90. The Morgan fingerprint density at radius 1 is 0.457 bits per heavy atom. The molecule has 160 valence electrons. The molecule has 35 heavy (non-hydrogen) atoms. The highest BCUT2D eigenvalue weighted by Crippen LogP contribution is 2.52. The average Bonchev–Trinajstić information content (AvgIpc) is 3.47. The van der Waals surface area contributed by atoms with E-state index in [1.54, 1.807) is 0 Å². The maximum atomic E-state index is 13.3. The molecule has 0 N–H and O–H groups in total. The lowest BCUT2D eigenvalue weighted by Crippen LogP contribution is -2.06. The highest BCUT2D eigenvalue weighted by Gasteiger charge is 2.31. The van der Waals surface area contributed by atoms with E-state index < -0.39 is 0 Å². The third-order valence-corrected chi connectivity index (χ3v) is 8.39. The van der Waals surface area contributed by atoms with Gasteiger partial charge in [-0.05, 0) is 56.3 Å². The molecular formula is C32H14O3. The largest absolute Gasteiger partial charge is 0.456 e. The molecule has 0 bridgehead atoms. The van der Waals surface area contributed by atoms with Gasteiger partial charge in [-0.2, -0.15) is 0 Å². The highest BCUT2D eigenvalue weighted by molar-refractivity contribution is 6.40. The van der Waals surface area contributed by atoms with E-state index in [9.17, 15) is 4.79 Å². The smallest absolute Gasteiger partial charge is 0.340 e. The standard InChI is InChI=1S/C32H14O3/c33-32-19-13-18-6-5-14-1-2-15-7-10-20-30-24(15)23(14)27(18)28(19)29-22(35-32)12-9-16-3-4-17-8-11-21(34-20)31(30)26(17)25(16)29/h1-12H,13H2. The van der Waals surface area contributed by atoms with Crippen LogP contribution in [0.4, 0.5) is 0 Å². The molecule has 2 aliphatic rings. The Labute approximate surface area is 196 Å². The zero-order valence-corrected chi connectivity index (χ0v) is 18.4. The second-order valence-electron chi connectivity index (χ2n) is 9.96. The van der Waals surface area contributed by atoms with Crippen molar-refractivity contribution in [2.45, 2.75) is 6.42 Å². The van der Waals surface area contributed by atoms with Gasteiger partial charge in [-0.25, -0.2) is 4.79 Å². The summed E-state index contributed by atoms with van der Waals surface area (Å²) in [5.41, 5.74) is 6.39. The van der Waals surface area contributed by atoms with Gasteiger partial charge in [-0.1, -0.05) is 54.6 Å². The van der Waals surface area contributed by atoms with Crippen LogP contribution in [0, 0.1) is 0 Å². The van der Waals surface area contributed by atoms with Crippen molar-refractivity contribution in [2.24, 2.45) is 0 Å². The van der Waals surface area contributed by atoms with E-state index in [1.807, 2.05) is 6.07 Å². The van der Waals surface area contributed by atoms with Crippen molar-refractivity contribution >= 4 is 76.0 Å². The van der Waals surface area contributed by atoms with Gasteiger partial charge in [0.2, 0.25) is 0 Å². The number of furan rings is 1. The quantitative estimate of drug-likeness (QED) is 0.174. The summed E-state index contributed by atoms with van der Waals surface area (Å²) in [5, 5.41) is 12.7. The Morgan fingerprint density at radius 2 is 0.943 bits per heavy atom. The van der Waals surface area contributed by atoms with Crippen LogP contribution < -0.4 is 5.63 Å². The lowest BCUT2D eigenvalue weighted by molar-refractivity contribution is 0.555. The molecule has 10 rings (SSSR count). The molecule has 0 atom stereocenters. The van der Waals surface area contributed by atoms with Gasteiger partial charge < -0.3 is 8.83 Å². The molecule has 3 nitrogen and oxygen atoms in total. The summed E-state index contributed by atoms with van der Waals surface area (Å²) in [6, 6.07) is 25.7. The van der Waals surface area contributed by atoms with Crippen molar-refractivity contribution in [1.82, 2.24) is 0 Å². The van der Waals surface area contributed by atoms with Crippen LogP contribution in [0.3, 0.4) is 0 Å². The molecule has 8 aromatic rings. The highest BCUT2D eigenvalue weighted by atomic mass is 16.4. The minimum absolute atomic E-state index is 0.229. The summed E-state index contributed by atoms with van der Waals surface area (Å²) in [6.45, 7) is 0. The van der Waals surface area contributed by atoms with E-state index in [1.165, 1.54) is 38.1 Å². The minimum atomic E-state index is -0.229. The van der Waals surface area contributed by atoms with E-state index in [0.717, 1.165) is 54.6 Å². The zero-order chi connectivity index (χ0) is 22.6. The van der Waals surface area contributed by atoms with Crippen molar-refractivity contribution in [2.75, 3.05) is 0 Å². The van der Waals surface area contributed by atoms with E-state index in [-0.39, 0.29) is 5.63 Å². The molecule has 2 heterocycles. The minimum Gasteiger partial charge on any atom is -0.456 e. The second-order valence-corrected chi connectivity index (χ2v) is 9.96. The van der Waals surface area contributed by atoms with E-state index in [4.69, 9.17) is 8.83 Å². The molecule has 3 heteroatoms. The number of rotatable bonds is 0. The number of hydrogen-bond acceptors (Lipinski definition) is 3. The SMILES string of the molecule is O=c1oc2ccc3ccc4ccc5oc6ccc7ccc8ccc9c%10c8c7c6c5c4c3c2c-%10c1C9. The molecule has 0 amide bonds. The summed E-state index contributed by atoms with van der Waals surface area (Å²) < 4.78 is 12.5. The Balaban J connectivity index is 1.77. The van der Waals surface area contributed by atoms with Gasteiger partial charge in [0, 0.05) is 44.3 Å². The molecule has 0 saturated carbocycles. The van der Waals surface area contributed by atoms with Crippen molar-refractivity contribution in [1.29, 1.82) is 0 Å². The van der Waals surface area contributed by atoms with Gasteiger partial charge in [0.1, 0.15) is 16.7 Å². The summed E-state index contributed by atoms with van der Waals surface area (Å²) in [6.07, 6.45) is 0.597. The Morgan fingerprint density at radius 3 is 1.60 bits per heavy atom. The predicted octanol–water partition coefficient (Wildman–Crippen LogP) is 8.19. The first kappa shape index (κ1) is 16.9. The Hall–Kier alpha value is -4.63. The zero-order valence-electron chi connectivity index (χ0n) is 18.4. The third kappa shape index (κ3) is 1.71. The maximum Gasteiger partial charge on any atom is 0.340 e. The van der Waals surface area contributed by atoms with E-state index in [0.29, 0.717) is 12.0 Å². The number of hydrogen-bond donors (Lipinski definition) is 0. The molecule has 0 saturated heterocycles. The van der Waals surface area contributed by atoms with Crippen LogP contribution >= 0.6 is 0 Å². The van der Waals surface area contributed by atoms with Crippen LogP contribution in [0.5, 0.6) is 0 Å². The summed E-state index contributed by atoms with van der Waals surface area (Å²) in [5.74, 6) is 0. The van der Waals surface area contributed by atoms with Crippen LogP contribution in [0.1, 0.15) is 11.1 Å². The van der Waals surface area contributed by atoms with Crippen molar-refractivity contribution in [3.63, 3.8) is 0 Å². The molecular weight excluding hydrogens is 432 g/mol. The fourth-order valence-electron chi connectivity index (χ4n) is 7.05. The average molecular weight is 446 g/mol. The van der Waals surface area contributed by atoms with Crippen molar-refractivity contribution in [3.8, 4) is 11.1 Å². The van der Waals surface area contributed by atoms with Crippen molar-refractivity contribution in [3.05, 3.63) is 94.3 Å². The third-order valence-electron chi connectivity index (χ3n) is 8.39. The topological polar surface area (TPSA) is 43.4 Å². The van der Waals surface area contributed by atoms with Crippen LogP contribution in [0.15, 0.2) is 86.4 Å². The Bertz CT molecular complexity index is 2420. The predicted molar refractivity (Wildman–Crippen MR) is 142 cm³/mol. The van der Waals surface area contributed by atoms with Gasteiger partial charge in [0.05, 0.1) is 5.56 Å². The first-order chi connectivity index (χ1) is 17.3. The summed E-state index contributed by atoms with van der Waals surface area (Å²) >= 11 is 0.